The quantitative estimate of drug-likeness (QED) is 0.340. The summed E-state index contributed by atoms with van der Waals surface area (Å²) in [5.74, 6) is 0. The molecule has 0 aliphatic rings. The highest BCUT2D eigenvalue weighted by Gasteiger charge is 2.03. The summed E-state index contributed by atoms with van der Waals surface area (Å²) in [6.07, 6.45) is 3.19. The second-order valence-electron chi connectivity index (χ2n) is 2.50. The van der Waals surface area contributed by atoms with Crippen LogP contribution in [0.5, 0.6) is 0 Å². The van der Waals surface area contributed by atoms with Crippen LogP contribution in [0.1, 0.15) is 19.3 Å². The highest BCUT2D eigenvalue weighted by atomic mass is 19.1. The minimum atomic E-state index is -1.10. The van der Waals surface area contributed by atoms with Crippen molar-refractivity contribution in [3.63, 3.8) is 0 Å². The lowest BCUT2D eigenvalue weighted by molar-refractivity contribution is 0.314. The molecule has 0 aromatic heterocycles. The number of carbonyl (C=O) groups excluding carboxylic acids is 2. The predicted octanol–water partition coefficient (Wildman–Crippen LogP) is 1.17. The van der Waals surface area contributed by atoms with Crippen molar-refractivity contribution in [2.75, 3.05) is 13.1 Å². The molecule has 0 N–H and O–H groups in total. The first-order chi connectivity index (χ1) is 6.31. The molecule has 0 saturated heterocycles. The standard InChI is InChI=1S/C8H11FN2O2/c9-8(5-11-7-13)3-1-2-4-10-6-12/h8H,1-5H2. The first kappa shape index (κ1) is 11.7. The molecule has 0 fully saturated rings. The summed E-state index contributed by atoms with van der Waals surface area (Å²) >= 11 is 0. The van der Waals surface area contributed by atoms with Crippen molar-refractivity contribution in [1.29, 1.82) is 0 Å². The van der Waals surface area contributed by atoms with Gasteiger partial charge in [-0.1, -0.05) is 0 Å². The van der Waals surface area contributed by atoms with Gasteiger partial charge in [-0.2, -0.15) is 0 Å². The Labute approximate surface area is 75.6 Å². The van der Waals surface area contributed by atoms with E-state index in [1.807, 2.05) is 0 Å². The van der Waals surface area contributed by atoms with E-state index >= 15 is 0 Å². The Hall–Kier alpha value is -1.31. The number of halogens is 1. The number of aliphatic imine (C=N–C) groups is 2. The van der Waals surface area contributed by atoms with Crippen molar-refractivity contribution in [2.24, 2.45) is 9.98 Å². The summed E-state index contributed by atoms with van der Waals surface area (Å²) in [6, 6.07) is 0. The molecule has 0 saturated carbocycles. The van der Waals surface area contributed by atoms with Gasteiger partial charge in [-0.3, -0.25) is 0 Å². The minimum Gasteiger partial charge on any atom is -0.245 e. The average molecular weight is 186 g/mol. The van der Waals surface area contributed by atoms with Crippen LogP contribution in [0.15, 0.2) is 9.98 Å². The van der Waals surface area contributed by atoms with Gasteiger partial charge in [0.05, 0.1) is 13.1 Å². The van der Waals surface area contributed by atoms with Crippen molar-refractivity contribution >= 4 is 12.2 Å². The van der Waals surface area contributed by atoms with Gasteiger partial charge in [0.1, 0.15) is 6.17 Å². The van der Waals surface area contributed by atoms with E-state index in [2.05, 4.69) is 9.98 Å². The summed E-state index contributed by atoms with van der Waals surface area (Å²) in [4.78, 5) is 25.7. The van der Waals surface area contributed by atoms with Crippen molar-refractivity contribution < 1.29 is 14.0 Å². The Kier molecular flexibility index (Phi) is 7.90. The van der Waals surface area contributed by atoms with E-state index in [1.54, 1.807) is 0 Å². The van der Waals surface area contributed by atoms with Crippen LogP contribution in [-0.4, -0.2) is 31.4 Å². The van der Waals surface area contributed by atoms with Gasteiger partial charge >= 0.3 is 0 Å². The van der Waals surface area contributed by atoms with Gasteiger partial charge in [0, 0.05) is 0 Å². The maximum absolute atomic E-state index is 12.7. The van der Waals surface area contributed by atoms with Gasteiger partial charge < -0.3 is 0 Å². The number of alkyl halides is 1. The fourth-order valence-corrected chi connectivity index (χ4v) is 0.830. The molecule has 1 atom stereocenters. The number of isocyanates is 2. The second kappa shape index (κ2) is 8.78. The molecule has 0 bridgehead atoms. The van der Waals surface area contributed by atoms with Crippen LogP contribution in [0.2, 0.25) is 0 Å². The molecule has 72 valence electrons. The molecule has 0 rings (SSSR count). The monoisotopic (exact) mass is 186 g/mol. The van der Waals surface area contributed by atoms with Crippen LogP contribution in [0.3, 0.4) is 0 Å². The molecule has 0 aromatic carbocycles. The predicted molar refractivity (Wildman–Crippen MR) is 44.7 cm³/mol. The third-order valence-corrected chi connectivity index (χ3v) is 1.46. The van der Waals surface area contributed by atoms with Crippen molar-refractivity contribution in [1.82, 2.24) is 0 Å². The van der Waals surface area contributed by atoms with E-state index in [4.69, 9.17) is 0 Å². The Bertz CT molecular complexity index is 220. The van der Waals surface area contributed by atoms with Gasteiger partial charge in [-0.25, -0.2) is 24.0 Å². The highest BCUT2D eigenvalue weighted by molar-refractivity contribution is 5.33. The smallest absolute Gasteiger partial charge is 0.235 e. The number of nitrogens with zero attached hydrogens (tertiary/aromatic N) is 2. The minimum absolute atomic E-state index is 0.125. The molecule has 0 aliphatic heterocycles. The zero-order valence-corrected chi connectivity index (χ0v) is 7.20. The maximum atomic E-state index is 12.7. The van der Waals surface area contributed by atoms with Gasteiger partial charge in [0.15, 0.2) is 0 Å². The molecule has 0 amide bonds. The summed E-state index contributed by atoms with van der Waals surface area (Å²) in [5.41, 5.74) is 0. The van der Waals surface area contributed by atoms with Crippen LogP contribution < -0.4 is 0 Å². The van der Waals surface area contributed by atoms with Crippen LogP contribution in [-0.2, 0) is 9.59 Å². The Balaban J connectivity index is 3.30. The van der Waals surface area contributed by atoms with Gasteiger partial charge in [-0.05, 0) is 19.3 Å². The normalized spacial score (nSPS) is 11.2. The molecule has 5 heteroatoms. The van der Waals surface area contributed by atoms with E-state index in [-0.39, 0.29) is 6.54 Å². The molecule has 0 spiro atoms. The maximum Gasteiger partial charge on any atom is 0.235 e. The topological polar surface area (TPSA) is 58.9 Å². The van der Waals surface area contributed by atoms with E-state index in [0.29, 0.717) is 25.8 Å². The molecular weight excluding hydrogens is 175 g/mol. The van der Waals surface area contributed by atoms with Gasteiger partial charge in [0.25, 0.3) is 0 Å². The van der Waals surface area contributed by atoms with E-state index in [9.17, 15) is 14.0 Å². The molecule has 1 unspecified atom stereocenters. The molecule has 13 heavy (non-hydrogen) atoms. The van der Waals surface area contributed by atoms with Crippen molar-refractivity contribution in [2.45, 2.75) is 25.4 Å². The average Bonchev–Trinajstić information content (AvgIpc) is 2.14. The summed E-state index contributed by atoms with van der Waals surface area (Å²) in [5, 5.41) is 0. The lowest BCUT2D eigenvalue weighted by atomic mass is 10.2. The van der Waals surface area contributed by atoms with E-state index in [1.165, 1.54) is 12.2 Å². The number of rotatable bonds is 7. The third-order valence-electron chi connectivity index (χ3n) is 1.46. The molecule has 0 aliphatic carbocycles. The van der Waals surface area contributed by atoms with Crippen molar-refractivity contribution in [3.05, 3.63) is 0 Å². The molecule has 0 radical (unpaired) electrons. The number of hydrogen-bond donors (Lipinski definition) is 0. The lowest BCUT2D eigenvalue weighted by Gasteiger charge is -2.01. The van der Waals surface area contributed by atoms with Gasteiger partial charge in [-0.15, -0.1) is 0 Å². The first-order valence-corrected chi connectivity index (χ1v) is 4.02. The van der Waals surface area contributed by atoms with Crippen LogP contribution in [0.4, 0.5) is 4.39 Å². The number of hydrogen-bond acceptors (Lipinski definition) is 4. The first-order valence-electron chi connectivity index (χ1n) is 4.02. The van der Waals surface area contributed by atoms with Crippen LogP contribution >= 0.6 is 0 Å². The summed E-state index contributed by atoms with van der Waals surface area (Å²) < 4.78 is 12.7. The lowest BCUT2D eigenvalue weighted by Crippen LogP contribution is -2.04. The van der Waals surface area contributed by atoms with E-state index in [0.717, 1.165) is 0 Å². The van der Waals surface area contributed by atoms with Gasteiger partial charge in [0.2, 0.25) is 12.2 Å². The second-order valence-corrected chi connectivity index (χ2v) is 2.50. The van der Waals surface area contributed by atoms with Crippen molar-refractivity contribution in [3.8, 4) is 0 Å². The Morgan fingerprint density at radius 3 is 2.46 bits per heavy atom. The molecular formula is C8H11FN2O2. The molecule has 0 heterocycles. The largest absolute Gasteiger partial charge is 0.245 e. The van der Waals surface area contributed by atoms with Crippen LogP contribution in [0, 0.1) is 0 Å². The molecule has 0 aromatic rings. The number of unbranched alkanes of at least 4 members (excludes halogenated alkanes) is 1. The Morgan fingerprint density at radius 2 is 1.85 bits per heavy atom. The zero-order valence-electron chi connectivity index (χ0n) is 7.20. The van der Waals surface area contributed by atoms with E-state index < -0.39 is 6.17 Å². The highest BCUT2D eigenvalue weighted by Crippen LogP contribution is 2.04. The summed E-state index contributed by atoms with van der Waals surface area (Å²) in [6.45, 7) is 0.258. The zero-order chi connectivity index (χ0) is 9.94. The fraction of sp³-hybridized carbons (Fsp3) is 0.750. The van der Waals surface area contributed by atoms with Crippen LogP contribution in [0.25, 0.3) is 0 Å². The SMILES string of the molecule is O=C=NCCCCC(F)CN=C=O. The fourth-order valence-electron chi connectivity index (χ4n) is 0.830. The molecule has 4 nitrogen and oxygen atoms in total. The summed E-state index contributed by atoms with van der Waals surface area (Å²) in [7, 11) is 0. The Morgan fingerprint density at radius 1 is 1.15 bits per heavy atom. The third kappa shape index (κ3) is 8.60.